The van der Waals surface area contributed by atoms with Gasteiger partial charge in [-0.25, -0.2) is 8.78 Å². The Hall–Kier alpha value is -2.02. The summed E-state index contributed by atoms with van der Waals surface area (Å²) in [4.78, 5) is 27.6. The van der Waals surface area contributed by atoms with Gasteiger partial charge in [0.25, 0.3) is 0 Å². The van der Waals surface area contributed by atoms with Crippen LogP contribution < -0.4 is 10.6 Å². The highest BCUT2D eigenvalue weighted by molar-refractivity contribution is 6.00. The Balaban J connectivity index is 1.71. The lowest BCUT2D eigenvalue weighted by Crippen LogP contribution is -2.36. The van der Waals surface area contributed by atoms with Gasteiger partial charge in [0.2, 0.25) is 11.8 Å². The number of halogens is 2. The molecule has 1 aromatic rings. The van der Waals surface area contributed by atoms with E-state index in [1.54, 1.807) is 4.90 Å². The number of likely N-dealkylation sites (tertiary alicyclic amines) is 1. The lowest BCUT2D eigenvalue weighted by atomic mass is 10.1. The first-order valence-electron chi connectivity index (χ1n) is 7.74. The van der Waals surface area contributed by atoms with E-state index in [0.29, 0.717) is 25.6 Å². The molecule has 2 N–H and O–H groups in total. The zero-order chi connectivity index (χ0) is 16.6. The van der Waals surface area contributed by atoms with Crippen LogP contribution in [0.2, 0.25) is 0 Å². The number of amides is 2. The van der Waals surface area contributed by atoms with Gasteiger partial charge in [0.15, 0.2) is 0 Å². The molecular formula is C16H19F2N3O2. The van der Waals surface area contributed by atoms with Crippen LogP contribution in [0, 0.1) is 23.5 Å². The highest BCUT2D eigenvalue weighted by Gasteiger charge is 2.39. The third-order valence-corrected chi connectivity index (χ3v) is 4.61. The summed E-state index contributed by atoms with van der Waals surface area (Å²) in [5.74, 6) is -2.07. The van der Waals surface area contributed by atoms with Gasteiger partial charge in [-0.05, 0) is 31.0 Å². The quantitative estimate of drug-likeness (QED) is 0.907. The maximum absolute atomic E-state index is 13.9. The maximum Gasteiger partial charge on any atom is 0.228 e. The predicted octanol–water partition coefficient (Wildman–Crippen LogP) is 1.12. The summed E-state index contributed by atoms with van der Waals surface area (Å²) in [5, 5.41) is 0. The van der Waals surface area contributed by atoms with Crippen LogP contribution in [0.15, 0.2) is 18.2 Å². The molecule has 2 unspecified atom stereocenters. The average Bonchev–Trinajstić information content (AvgIpc) is 3.13. The summed E-state index contributed by atoms with van der Waals surface area (Å²) in [6.45, 7) is 1.94. The molecule has 2 fully saturated rings. The second-order valence-corrected chi connectivity index (χ2v) is 6.18. The molecule has 124 valence electrons. The van der Waals surface area contributed by atoms with Gasteiger partial charge in [-0.2, -0.15) is 0 Å². The summed E-state index contributed by atoms with van der Waals surface area (Å²) < 4.78 is 26.9. The molecule has 0 radical (unpaired) electrons. The normalized spacial score (nSPS) is 24.6. The fourth-order valence-electron chi connectivity index (χ4n) is 3.29. The number of rotatable bonds is 3. The predicted molar refractivity (Wildman–Crippen MR) is 80.6 cm³/mol. The molecule has 1 aromatic carbocycles. The molecule has 0 bridgehead atoms. The number of carbonyl (C=O) groups is 2. The van der Waals surface area contributed by atoms with Crippen molar-refractivity contribution < 1.29 is 18.4 Å². The third kappa shape index (κ3) is 3.06. The Kier molecular flexibility index (Phi) is 4.30. The molecule has 0 aromatic heterocycles. The average molecular weight is 323 g/mol. The number of carbonyl (C=O) groups excluding carboxylic acids is 2. The molecule has 0 saturated carbocycles. The van der Waals surface area contributed by atoms with Gasteiger partial charge in [-0.3, -0.25) is 9.59 Å². The van der Waals surface area contributed by atoms with Gasteiger partial charge in [-0.15, -0.1) is 0 Å². The van der Waals surface area contributed by atoms with E-state index in [9.17, 15) is 18.4 Å². The summed E-state index contributed by atoms with van der Waals surface area (Å²) in [5.41, 5.74) is 5.65. The van der Waals surface area contributed by atoms with E-state index < -0.39 is 17.6 Å². The van der Waals surface area contributed by atoms with Crippen molar-refractivity contribution in [3.05, 3.63) is 29.8 Å². The van der Waals surface area contributed by atoms with E-state index in [2.05, 4.69) is 0 Å². The lowest BCUT2D eigenvalue weighted by Gasteiger charge is -2.21. The lowest BCUT2D eigenvalue weighted by molar-refractivity contribution is -0.134. The van der Waals surface area contributed by atoms with Crippen molar-refractivity contribution in [1.29, 1.82) is 0 Å². The van der Waals surface area contributed by atoms with Crippen LogP contribution in [0.4, 0.5) is 14.5 Å². The van der Waals surface area contributed by atoms with Gasteiger partial charge < -0.3 is 15.5 Å². The minimum absolute atomic E-state index is 0.0213. The molecule has 2 saturated heterocycles. The maximum atomic E-state index is 13.9. The Morgan fingerprint density at radius 1 is 1.30 bits per heavy atom. The first-order valence-corrected chi connectivity index (χ1v) is 7.74. The summed E-state index contributed by atoms with van der Waals surface area (Å²) >= 11 is 0. The second-order valence-electron chi connectivity index (χ2n) is 6.18. The molecule has 7 heteroatoms. The van der Waals surface area contributed by atoms with Crippen LogP contribution in [0.3, 0.4) is 0 Å². The smallest absolute Gasteiger partial charge is 0.228 e. The second kappa shape index (κ2) is 6.23. The molecule has 23 heavy (non-hydrogen) atoms. The van der Waals surface area contributed by atoms with Crippen molar-refractivity contribution in [1.82, 2.24) is 4.90 Å². The van der Waals surface area contributed by atoms with Gasteiger partial charge in [0, 0.05) is 32.1 Å². The molecule has 2 aliphatic heterocycles. The Morgan fingerprint density at radius 2 is 2.09 bits per heavy atom. The van der Waals surface area contributed by atoms with Crippen LogP contribution in [0.25, 0.3) is 0 Å². The van der Waals surface area contributed by atoms with Crippen LogP contribution in [-0.4, -0.2) is 42.9 Å². The zero-order valence-electron chi connectivity index (χ0n) is 12.7. The molecule has 2 atom stereocenters. The van der Waals surface area contributed by atoms with Crippen LogP contribution in [0.5, 0.6) is 0 Å². The van der Waals surface area contributed by atoms with Crippen LogP contribution in [-0.2, 0) is 9.59 Å². The first kappa shape index (κ1) is 15.9. The minimum atomic E-state index is -0.796. The molecule has 0 spiro atoms. The van der Waals surface area contributed by atoms with E-state index in [1.165, 1.54) is 11.0 Å². The van der Waals surface area contributed by atoms with E-state index >= 15 is 0 Å². The molecule has 0 aliphatic carbocycles. The van der Waals surface area contributed by atoms with Crippen molar-refractivity contribution in [2.24, 2.45) is 17.6 Å². The summed E-state index contributed by atoms with van der Waals surface area (Å²) in [7, 11) is 0. The zero-order valence-corrected chi connectivity index (χ0v) is 12.7. The van der Waals surface area contributed by atoms with Crippen LogP contribution >= 0.6 is 0 Å². The number of hydrogen-bond donors (Lipinski definition) is 1. The molecule has 2 heterocycles. The van der Waals surface area contributed by atoms with Crippen molar-refractivity contribution in [3.8, 4) is 0 Å². The highest BCUT2D eigenvalue weighted by Crippen LogP contribution is 2.30. The Bertz CT molecular complexity index is 638. The molecular weight excluding hydrogens is 304 g/mol. The summed E-state index contributed by atoms with van der Waals surface area (Å²) in [6, 6.07) is 3.08. The first-order chi connectivity index (χ1) is 11.0. The largest absolute Gasteiger partial charge is 0.342 e. The summed E-state index contributed by atoms with van der Waals surface area (Å²) in [6.07, 6.45) is 0.929. The van der Waals surface area contributed by atoms with E-state index in [-0.39, 0.29) is 30.5 Å². The van der Waals surface area contributed by atoms with Crippen molar-refractivity contribution in [2.45, 2.75) is 12.8 Å². The minimum Gasteiger partial charge on any atom is -0.342 e. The number of anilines is 1. The fourth-order valence-corrected chi connectivity index (χ4v) is 3.29. The molecule has 3 rings (SSSR count). The van der Waals surface area contributed by atoms with Crippen molar-refractivity contribution in [3.63, 3.8) is 0 Å². The topological polar surface area (TPSA) is 66.6 Å². The number of benzene rings is 1. The van der Waals surface area contributed by atoms with E-state index in [1.807, 2.05) is 0 Å². The standard InChI is InChI=1S/C16H19F2N3O2/c17-12-1-2-14(13(18)6-12)21-9-11(5-15(21)22)16(23)20-4-3-10(7-19)8-20/h1-2,6,10-11H,3-5,7-9,19H2. The van der Waals surface area contributed by atoms with E-state index in [0.717, 1.165) is 18.6 Å². The number of nitrogens with two attached hydrogens (primary N) is 1. The van der Waals surface area contributed by atoms with Gasteiger partial charge in [0.1, 0.15) is 11.6 Å². The number of nitrogens with zero attached hydrogens (tertiary/aromatic N) is 2. The SMILES string of the molecule is NCC1CCN(C(=O)C2CC(=O)N(c3ccc(F)cc3F)C2)C1. The van der Waals surface area contributed by atoms with Gasteiger partial charge in [-0.1, -0.05) is 0 Å². The van der Waals surface area contributed by atoms with Gasteiger partial charge in [0.05, 0.1) is 11.6 Å². The van der Waals surface area contributed by atoms with Crippen LogP contribution in [0.1, 0.15) is 12.8 Å². The third-order valence-electron chi connectivity index (χ3n) is 4.61. The Labute approximate surface area is 133 Å². The van der Waals surface area contributed by atoms with Crippen molar-refractivity contribution >= 4 is 17.5 Å². The molecule has 5 nitrogen and oxygen atoms in total. The highest BCUT2D eigenvalue weighted by atomic mass is 19.1. The van der Waals surface area contributed by atoms with Gasteiger partial charge >= 0.3 is 0 Å². The molecule has 2 aliphatic rings. The van der Waals surface area contributed by atoms with Crippen molar-refractivity contribution in [2.75, 3.05) is 31.1 Å². The fraction of sp³-hybridized carbons (Fsp3) is 0.500. The number of hydrogen-bond acceptors (Lipinski definition) is 3. The molecule has 2 amide bonds. The monoisotopic (exact) mass is 323 g/mol. The van der Waals surface area contributed by atoms with E-state index in [4.69, 9.17) is 5.73 Å². The Morgan fingerprint density at radius 3 is 2.74 bits per heavy atom.